The van der Waals surface area contributed by atoms with Crippen molar-refractivity contribution in [3.8, 4) is 0 Å². The van der Waals surface area contributed by atoms with E-state index in [-0.39, 0.29) is 35.9 Å². The van der Waals surface area contributed by atoms with E-state index in [1.165, 1.54) is 5.56 Å². The molecule has 30 heavy (non-hydrogen) atoms. The highest BCUT2D eigenvalue weighted by Crippen LogP contribution is 2.29. The van der Waals surface area contributed by atoms with Crippen molar-refractivity contribution >= 4 is 44.3 Å². The van der Waals surface area contributed by atoms with E-state index >= 15 is 0 Å². The van der Waals surface area contributed by atoms with Crippen molar-refractivity contribution in [3.63, 3.8) is 0 Å². The van der Waals surface area contributed by atoms with Crippen LogP contribution in [0.4, 0.5) is 4.79 Å². The Balaban J connectivity index is 1.22. The number of nitrogens with one attached hydrogen (secondary N) is 3. The average molecular weight is 453 g/mol. The first kappa shape index (κ1) is 21.0. The van der Waals surface area contributed by atoms with Crippen molar-refractivity contribution in [3.05, 3.63) is 34.5 Å². The molecule has 0 aliphatic carbocycles. The molecular formula is C20H25ClN4O4S. The van der Waals surface area contributed by atoms with Gasteiger partial charge in [-0.15, -0.1) is 0 Å². The van der Waals surface area contributed by atoms with Crippen LogP contribution in [-0.4, -0.2) is 60.9 Å². The molecule has 2 aromatic rings. The molecule has 8 nitrogen and oxygen atoms in total. The summed E-state index contributed by atoms with van der Waals surface area (Å²) in [6.45, 7) is 1.51. The van der Waals surface area contributed by atoms with Crippen LogP contribution in [0, 0.1) is 0 Å². The number of amides is 3. The molecule has 2 aliphatic heterocycles. The summed E-state index contributed by atoms with van der Waals surface area (Å²) in [6, 6.07) is 5.31. The number of hydrogen-bond acceptors (Lipinski definition) is 4. The van der Waals surface area contributed by atoms with Crippen LogP contribution in [0.5, 0.6) is 0 Å². The lowest BCUT2D eigenvalue weighted by Gasteiger charge is -2.27. The highest BCUT2D eigenvalue weighted by molar-refractivity contribution is 7.91. The molecule has 0 unspecified atom stereocenters. The second-order valence-corrected chi connectivity index (χ2v) is 10.6. The highest BCUT2D eigenvalue weighted by atomic mass is 35.5. The van der Waals surface area contributed by atoms with Gasteiger partial charge in [0.1, 0.15) is 0 Å². The van der Waals surface area contributed by atoms with Crippen LogP contribution in [0.25, 0.3) is 10.9 Å². The number of halogens is 1. The van der Waals surface area contributed by atoms with Crippen LogP contribution in [0.1, 0.15) is 30.5 Å². The van der Waals surface area contributed by atoms with Gasteiger partial charge < -0.3 is 20.5 Å². The molecule has 0 radical (unpaired) electrons. The number of aromatic amines is 1. The molecule has 0 spiro atoms. The monoisotopic (exact) mass is 452 g/mol. The molecule has 0 saturated carbocycles. The fourth-order valence-corrected chi connectivity index (χ4v) is 6.00. The summed E-state index contributed by atoms with van der Waals surface area (Å²) in [5.41, 5.74) is 3.26. The Morgan fingerprint density at radius 2 is 2.13 bits per heavy atom. The average Bonchev–Trinajstić information content (AvgIpc) is 3.23. The number of urea groups is 1. The number of fused-ring (bicyclic) bond motifs is 3. The number of rotatable bonds is 5. The molecular weight excluding hydrogens is 428 g/mol. The number of hydrogen-bond donors (Lipinski definition) is 3. The van der Waals surface area contributed by atoms with Crippen molar-refractivity contribution in [1.29, 1.82) is 0 Å². The standard InChI is InChI=1S/C20H25ClN4O4S/c21-13-3-4-17-16(10-13)15-5-8-25(11-18(15)24-17)20(27)22-7-1-2-19(26)23-14-6-9-30(28,29)12-14/h3-4,10,14,24H,1-2,5-9,11-12H2,(H,22,27)(H,23,26)/t14-/m1/s1. The van der Waals surface area contributed by atoms with Gasteiger partial charge in [-0.25, -0.2) is 13.2 Å². The molecule has 10 heteroatoms. The van der Waals surface area contributed by atoms with Crippen LogP contribution < -0.4 is 10.6 Å². The zero-order valence-corrected chi connectivity index (χ0v) is 18.1. The van der Waals surface area contributed by atoms with Gasteiger partial charge in [0.05, 0.1) is 18.1 Å². The third kappa shape index (κ3) is 4.73. The first-order valence-electron chi connectivity index (χ1n) is 10.1. The van der Waals surface area contributed by atoms with Gasteiger partial charge in [0.25, 0.3) is 0 Å². The predicted molar refractivity (Wildman–Crippen MR) is 115 cm³/mol. The van der Waals surface area contributed by atoms with Gasteiger partial charge in [0.2, 0.25) is 5.91 Å². The fraction of sp³-hybridized carbons (Fsp3) is 0.500. The summed E-state index contributed by atoms with van der Waals surface area (Å²) >= 11 is 6.11. The van der Waals surface area contributed by atoms with Gasteiger partial charge in [-0.05, 0) is 43.0 Å². The second kappa shape index (κ2) is 8.47. The summed E-state index contributed by atoms with van der Waals surface area (Å²) in [5, 5.41) is 7.43. The minimum atomic E-state index is -3.01. The second-order valence-electron chi connectivity index (χ2n) is 7.95. The quantitative estimate of drug-likeness (QED) is 0.602. The molecule has 162 valence electrons. The van der Waals surface area contributed by atoms with E-state index in [9.17, 15) is 18.0 Å². The Bertz CT molecular complexity index is 1080. The third-order valence-corrected chi connectivity index (χ3v) is 7.68. The first-order chi connectivity index (χ1) is 14.3. The number of aromatic nitrogens is 1. The lowest BCUT2D eigenvalue weighted by Crippen LogP contribution is -2.43. The van der Waals surface area contributed by atoms with Crippen LogP contribution in [-0.2, 0) is 27.6 Å². The van der Waals surface area contributed by atoms with Crippen molar-refractivity contribution in [2.45, 2.75) is 38.3 Å². The van der Waals surface area contributed by atoms with Crippen LogP contribution in [0.3, 0.4) is 0 Å². The Kier molecular flexibility index (Phi) is 5.92. The summed E-state index contributed by atoms with van der Waals surface area (Å²) in [7, 11) is -3.01. The number of H-pyrrole nitrogens is 1. The number of carbonyl (C=O) groups excluding carboxylic acids is 2. The Labute approximate surface area is 180 Å². The number of carbonyl (C=O) groups is 2. The molecule has 1 saturated heterocycles. The van der Waals surface area contributed by atoms with Crippen LogP contribution >= 0.6 is 11.6 Å². The van der Waals surface area contributed by atoms with Gasteiger partial charge in [-0.3, -0.25) is 4.79 Å². The van der Waals surface area contributed by atoms with E-state index in [1.54, 1.807) is 4.90 Å². The summed E-state index contributed by atoms with van der Waals surface area (Å²) in [4.78, 5) is 29.6. The van der Waals surface area contributed by atoms with E-state index in [0.717, 1.165) is 23.0 Å². The summed E-state index contributed by atoms with van der Waals surface area (Å²) < 4.78 is 22.9. The van der Waals surface area contributed by atoms with Crippen LogP contribution in [0.15, 0.2) is 18.2 Å². The largest absolute Gasteiger partial charge is 0.357 e. The van der Waals surface area contributed by atoms with Crippen LogP contribution in [0.2, 0.25) is 5.02 Å². The molecule has 2 aliphatic rings. The van der Waals surface area contributed by atoms with E-state index in [2.05, 4.69) is 15.6 Å². The zero-order chi connectivity index (χ0) is 21.3. The predicted octanol–water partition coefficient (Wildman–Crippen LogP) is 1.97. The molecule has 1 aromatic carbocycles. The lowest BCUT2D eigenvalue weighted by molar-refractivity contribution is -0.121. The van der Waals surface area contributed by atoms with Gasteiger partial charge in [-0.1, -0.05) is 11.6 Å². The third-order valence-electron chi connectivity index (χ3n) is 5.68. The molecule has 3 amide bonds. The fourth-order valence-electron chi connectivity index (χ4n) is 4.15. The first-order valence-corrected chi connectivity index (χ1v) is 12.3. The summed E-state index contributed by atoms with van der Waals surface area (Å²) in [5.74, 6) is -0.0212. The minimum Gasteiger partial charge on any atom is -0.357 e. The molecule has 3 N–H and O–H groups in total. The van der Waals surface area contributed by atoms with Gasteiger partial charge in [0, 0.05) is 47.2 Å². The van der Waals surface area contributed by atoms with E-state index in [1.807, 2.05) is 18.2 Å². The van der Waals surface area contributed by atoms with Gasteiger partial charge in [-0.2, -0.15) is 0 Å². The summed E-state index contributed by atoms with van der Waals surface area (Å²) in [6.07, 6.45) is 1.99. The molecule has 1 fully saturated rings. The lowest BCUT2D eigenvalue weighted by atomic mass is 10.0. The maximum atomic E-state index is 12.5. The van der Waals surface area contributed by atoms with Crippen molar-refractivity contribution in [2.24, 2.45) is 0 Å². The molecule has 3 heterocycles. The molecule has 4 rings (SSSR count). The topological polar surface area (TPSA) is 111 Å². The zero-order valence-electron chi connectivity index (χ0n) is 16.5. The highest BCUT2D eigenvalue weighted by Gasteiger charge is 2.28. The van der Waals surface area contributed by atoms with Crippen molar-refractivity contribution in [1.82, 2.24) is 20.5 Å². The minimum absolute atomic E-state index is 0.0202. The molecule has 1 aromatic heterocycles. The smallest absolute Gasteiger partial charge is 0.317 e. The van der Waals surface area contributed by atoms with Crippen molar-refractivity contribution < 1.29 is 18.0 Å². The molecule has 0 bridgehead atoms. The van der Waals surface area contributed by atoms with Gasteiger partial charge >= 0.3 is 6.03 Å². The number of benzene rings is 1. The number of nitrogens with zero attached hydrogens (tertiary/aromatic N) is 1. The van der Waals surface area contributed by atoms with Gasteiger partial charge in [0.15, 0.2) is 9.84 Å². The Morgan fingerprint density at radius 1 is 1.30 bits per heavy atom. The Morgan fingerprint density at radius 3 is 2.90 bits per heavy atom. The number of sulfone groups is 1. The SMILES string of the molecule is O=C(CCCNC(=O)N1CCc2c([nH]c3ccc(Cl)cc23)C1)N[C@@H]1CCS(=O)(=O)C1. The van der Waals surface area contributed by atoms with E-state index < -0.39 is 9.84 Å². The van der Waals surface area contributed by atoms with E-state index in [0.29, 0.717) is 37.5 Å². The molecule has 1 atom stereocenters. The van der Waals surface area contributed by atoms with Crippen molar-refractivity contribution in [2.75, 3.05) is 24.6 Å². The Hall–Kier alpha value is -2.26. The maximum Gasteiger partial charge on any atom is 0.317 e. The maximum absolute atomic E-state index is 12.5. The van der Waals surface area contributed by atoms with E-state index in [4.69, 9.17) is 11.6 Å². The normalized spacial score (nSPS) is 20.2.